The number of thiophene rings is 1. The fourth-order valence-electron chi connectivity index (χ4n) is 3.58. The number of halogens is 1. The number of fused-ring (bicyclic) bond motifs is 1. The molecule has 2 aromatic rings. The van der Waals surface area contributed by atoms with Gasteiger partial charge < -0.3 is 9.84 Å². The Kier molecular flexibility index (Phi) is 6.02. The maximum absolute atomic E-state index is 9.98. The summed E-state index contributed by atoms with van der Waals surface area (Å²) in [5.41, 5.74) is 2.84. The molecule has 0 aliphatic heterocycles. The van der Waals surface area contributed by atoms with Crippen LogP contribution in [0.15, 0.2) is 17.1 Å². The Labute approximate surface area is 175 Å². The molecular weight excluding hydrogens is 392 g/mol. The van der Waals surface area contributed by atoms with Crippen LogP contribution in [0.2, 0.25) is 5.02 Å². The summed E-state index contributed by atoms with van der Waals surface area (Å²) in [6, 6.07) is 5.69. The molecule has 148 valence electrons. The molecule has 1 aromatic carbocycles. The number of hydrogen-bond donors (Lipinski definition) is 1. The number of aliphatic imine (C=N–C) groups is 1. The van der Waals surface area contributed by atoms with Gasteiger partial charge in [0.05, 0.1) is 17.2 Å². The summed E-state index contributed by atoms with van der Waals surface area (Å²) in [6.45, 7) is 9.12. The molecule has 0 bridgehead atoms. The van der Waals surface area contributed by atoms with E-state index in [4.69, 9.17) is 16.3 Å². The SMILES string of the molecule is CCOc1cc(C=Nc2sc3c(c2C#N)CC[C@H](C(C)(C)C)C3)cc(Cl)c1O. The van der Waals surface area contributed by atoms with Gasteiger partial charge in [0, 0.05) is 11.1 Å². The minimum Gasteiger partial charge on any atom is -0.503 e. The smallest absolute Gasteiger partial charge is 0.176 e. The predicted molar refractivity (Wildman–Crippen MR) is 116 cm³/mol. The lowest BCUT2D eigenvalue weighted by atomic mass is 9.72. The minimum absolute atomic E-state index is 0.0711. The molecule has 0 radical (unpaired) electrons. The highest BCUT2D eigenvalue weighted by molar-refractivity contribution is 7.16. The van der Waals surface area contributed by atoms with Gasteiger partial charge in [-0.05, 0) is 60.8 Å². The molecule has 0 saturated heterocycles. The molecule has 4 nitrogen and oxygen atoms in total. The van der Waals surface area contributed by atoms with Crippen molar-refractivity contribution in [3.63, 3.8) is 0 Å². The Morgan fingerprint density at radius 3 is 2.82 bits per heavy atom. The second kappa shape index (κ2) is 8.14. The lowest BCUT2D eigenvalue weighted by Crippen LogP contribution is -2.26. The zero-order valence-electron chi connectivity index (χ0n) is 16.7. The molecular formula is C22H25ClN2O2S. The first kappa shape index (κ1) is 20.7. The fraction of sp³-hybridized carbons (Fsp3) is 0.455. The first-order valence-electron chi connectivity index (χ1n) is 9.48. The molecule has 1 atom stereocenters. The van der Waals surface area contributed by atoms with Gasteiger partial charge >= 0.3 is 0 Å². The summed E-state index contributed by atoms with van der Waals surface area (Å²) >= 11 is 7.71. The number of phenols is 1. The highest BCUT2D eigenvalue weighted by Gasteiger charge is 2.32. The van der Waals surface area contributed by atoms with E-state index in [0.717, 1.165) is 24.3 Å². The van der Waals surface area contributed by atoms with Crippen LogP contribution in [0.1, 0.15) is 55.7 Å². The van der Waals surface area contributed by atoms with Crippen LogP contribution >= 0.6 is 22.9 Å². The van der Waals surface area contributed by atoms with Crippen molar-refractivity contribution in [3.8, 4) is 17.6 Å². The van der Waals surface area contributed by atoms with Crippen molar-refractivity contribution in [2.45, 2.75) is 47.0 Å². The third kappa shape index (κ3) is 4.19. The monoisotopic (exact) mass is 416 g/mol. The van der Waals surface area contributed by atoms with Crippen LogP contribution in [0.25, 0.3) is 0 Å². The minimum atomic E-state index is -0.0711. The van der Waals surface area contributed by atoms with E-state index < -0.39 is 0 Å². The molecule has 28 heavy (non-hydrogen) atoms. The highest BCUT2D eigenvalue weighted by atomic mass is 35.5. The number of benzene rings is 1. The zero-order chi connectivity index (χ0) is 20.5. The first-order chi connectivity index (χ1) is 13.2. The van der Waals surface area contributed by atoms with Crippen LogP contribution in [-0.2, 0) is 12.8 Å². The van der Waals surface area contributed by atoms with Crippen molar-refractivity contribution >= 4 is 34.2 Å². The molecule has 1 heterocycles. The average Bonchev–Trinajstić information content (AvgIpc) is 3.00. The number of nitriles is 1. The molecule has 1 aliphatic carbocycles. The Hall–Kier alpha value is -2.03. The third-order valence-electron chi connectivity index (χ3n) is 5.26. The Morgan fingerprint density at radius 1 is 1.43 bits per heavy atom. The van der Waals surface area contributed by atoms with E-state index in [2.05, 4.69) is 31.8 Å². The van der Waals surface area contributed by atoms with E-state index in [-0.39, 0.29) is 16.2 Å². The molecule has 0 spiro atoms. The number of hydrogen-bond acceptors (Lipinski definition) is 5. The van der Waals surface area contributed by atoms with Crippen LogP contribution < -0.4 is 4.74 Å². The quantitative estimate of drug-likeness (QED) is 0.596. The lowest BCUT2D eigenvalue weighted by Gasteiger charge is -2.33. The summed E-state index contributed by atoms with van der Waals surface area (Å²) in [7, 11) is 0. The van der Waals surface area contributed by atoms with E-state index in [0.29, 0.717) is 29.4 Å². The predicted octanol–water partition coefficient (Wildman–Crippen LogP) is 6.28. The molecule has 0 fully saturated rings. The topological polar surface area (TPSA) is 65.6 Å². The van der Waals surface area contributed by atoms with Crippen molar-refractivity contribution in [1.82, 2.24) is 0 Å². The maximum atomic E-state index is 9.98. The molecule has 1 N–H and O–H groups in total. The van der Waals surface area contributed by atoms with Gasteiger partial charge in [0.2, 0.25) is 0 Å². The van der Waals surface area contributed by atoms with Crippen molar-refractivity contribution in [2.24, 2.45) is 16.3 Å². The summed E-state index contributed by atoms with van der Waals surface area (Å²) in [6.07, 6.45) is 4.72. The van der Waals surface area contributed by atoms with Gasteiger partial charge in [-0.1, -0.05) is 32.4 Å². The molecule has 0 unspecified atom stereocenters. The Morgan fingerprint density at radius 2 is 2.18 bits per heavy atom. The van der Waals surface area contributed by atoms with Gasteiger partial charge in [0.15, 0.2) is 11.5 Å². The van der Waals surface area contributed by atoms with Crippen molar-refractivity contribution in [2.75, 3.05) is 6.61 Å². The lowest BCUT2D eigenvalue weighted by molar-refractivity contribution is 0.218. The van der Waals surface area contributed by atoms with Gasteiger partial charge in [-0.2, -0.15) is 5.26 Å². The van der Waals surface area contributed by atoms with Crippen LogP contribution in [0.4, 0.5) is 5.00 Å². The number of nitrogens with zero attached hydrogens (tertiary/aromatic N) is 2. The van der Waals surface area contributed by atoms with E-state index in [9.17, 15) is 10.4 Å². The van der Waals surface area contributed by atoms with Crippen LogP contribution in [0.3, 0.4) is 0 Å². The van der Waals surface area contributed by atoms with E-state index >= 15 is 0 Å². The van der Waals surface area contributed by atoms with Crippen molar-refractivity contribution in [3.05, 3.63) is 38.7 Å². The molecule has 0 amide bonds. The molecule has 1 aliphatic rings. The third-order valence-corrected chi connectivity index (χ3v) is 6.72. The van der Waals surface area contributed by atoms with Gasteiger partial charge in [0.1, 0.15) is 11.1 Å². The van der Waals surface area contributed by atoms with Gasteiger partial charge in [-0.15, -0.1) is 11.3 Å². The summed E-state index contributed by atoms with van der Waals surface area (Å²) < 4.78 is 5.42. The van der Waals surface area contributed by atoms with Gasteiger partial charge in [0.25, 0.3) is 0 Å². The number of phenolic OH excluding ortho intramolecular Hbond substituents is 1. The average molecular weight is 417 g/mol. The van der Waals surface area contributed by atoms with E-state index in [1.54, 1.807) is 29.7 Å². The van der Waals surface area contributed by atoms with Crippen molar-refractivity contribution in [1.29, 1.82) is 5.26 Å². The van der Waals surface area contributed by atoms with E-state index in [1.165, 1.54) is 10.4 Å². The van der Waals surface area contributed by atoms with Gasteiger partial charge in [-0.3, -0.25) is 0 Å². The fourth-order valence-corrected chi connectivity index (χ4v) is 5.02. The van der Waals surface area contributed by atoms with Crippen LogP contribution in [0, 0.1) is 22.7 Å². The van der Waals surface area contributed by atoms with Crippen LogP contribution in [0.5, 0.6) is 11.5 Å². The second-order valence-corrected chi connectivity index (χ2v) is 9.63. The maximum Gasteiger partial charge on any atom is 0.176 e. The summed E-state index contributed by atoms with van der Waals surface area (Å²) in [4.78, 5) is 5.87. The summed E-state index contributed by atoms with van der Waals surface area (Å²) in [5.74, 6) is 0.875. The molecule has 0 saturated carbocycles. The molecule has 6 heteroatoms. The number of rotatable bonds is 4. The Bertz CT molecular complexity index is 951. The van der Waals surface area contributed by atoms with E-state index in [1.807, 2.05) is 6.92 Å². The molecule has 3 rings (SSSR count). The second-order valence-electron chi connectivity index (χ2n) is 8.14. The summed E-state index contributed by atoms with van der Waals surface area (Å²) in [5, 5.41) is 20.6. The molecule has 1 aromatic heterocycles. The largest absolute Gasteiger partial charge is 0.503 e. The zero-order valence-corrected chi connectivity index (χ0v) is 18.2. The normalized spacial score (nSPS) is 16.8. The van der Waals surface area contributed by atoms with Gasteiger partial charge in [-0.25, -0.2) is 4.99 Å². The highest BCUT2D eigenvalue weighted by Crippen LogP contribution is 2.45. The number of ether oxygens (including phenoxy) is 1. The van der Waals surface area contributed by atoms with Crippen LogP contribution in [-0.4, -0.2) is 17.9 Å². The Balaban J connectivity index is 1.92. The number of aromatic hydroxyl groups is 1. The first-order valence-corrected chi connectivity index (χ1v) is 10.7. The standard InChI is InChI=1S/C22H25ClN2O2S/c1-5-27-18-9-13(8-17(23)20(18)26)12-25-21-16(11-24)15-7-6-14(22(2,3)4)10-19(15)28-21/h8-9,12,14,26H,5-7,10H2,1-4H3/t14-/m0/s1. The van der Waals surface area contributed by atoms with Crippen molar-refractivity contribution < 1.29 is 9.84 Å².